The zero-order chi connectivity index (χ0) is 13.1. The fraction of sp³-hybridized carbons (Fsp3) is 0.143. The Kier molecular flexibility index (Phi) is 3.46. The zero-order valence-electron chi connectivity index (χ0n) is 9.78. The molecule has 1 aromatic carbocycles. The monoisotopic (exact) mass is 247 g/mol. The van der Waals surface area contributed by atoms with Crippen LogP contribution in [0.5, 0.6) is 0 Å². The van der Waals surface area contributed by atoms with Gasteiger partial charge in [0.1, 0.15) is 11.6 Å². The van der Waals surface area contributed by atoms with Crippen LogP contribution in [0.15, 0.2) is 36.7 Å². The Bertz CT molecular complexity index is 582. The van der Waals surface area contributed by atoms with Gasteiger partial charge in [0.25, 0.3) is 0 Å². The Morgan fingerprint density at radius 2 is 1.83 bits per heavy atom. The van der Waals surface area contributed by atoms with Gasteiger partial charge >= 0.3 is 0 Å². The lowest BCUT2D eigenvalue weighted by molar-refractivity contribution is 0.0984. The normalized spacial score (nSPS) is 10.4. The van der Waals surface area contributed by atoms with Gasteiger partial charge in [-0.1, -0.05) is 6.92 Å². The number of aromatic nitrogens is 1. The number of halogens is 2. The molecule has 0 aliphatic rings. The number of rotatable bonds is 3. The number of nitrogens with zero attached hydrogens (tertiary/aromatic N) is 1. The van der Waals surface area contributed by atoms with Crippen molar-refractivity contribution in [1.29, 1.82) is 0 Å². The second-order valence-electron chi connectivity index (χ2n) is 3.80. The van der Waals surface area contributed by atoms with Gasteiger partial charge in [0.2, 0.25) is 0 Å². The van der Waals surface area contributed by atoms with Crippen LogP contribution >= 0.6 is 0 Å². The van der Waals surface area contributed by atoms with Crippen LogP contribution in [0.4, 0.5) is 8.78 Å². The Morgan fingerprint density at radius 1 is 1.17 bits per heavy atom. The van der Waals surface area contributed by atoms with E-state index in [0.717, 1.165) is 6.07 Å². The minimum Gasteiger partial charge on any atom is -0.294 e. The SMILES string of the molecule is CCC(=O)c1ccc(F)c(-c2ccncc2)c1F. The summed E-state index contributed by atoms with van der Waals surface area (Å²) >= 11 is 0. The molecule has 0 unspecified atom stereocenters. The minimum absolute atomic E-state index is 0.0780. The molecule has 0 saturated heterocycles. The highest BCUT2D eigenvalue weighted by Gasteiger charge is 2.18. The summed E-state index contributed by atoms with van der Waals surface area (Å²) in [7, 11) is 0. The largest absolute Gasteiger partial charge is 0.294 e. The maximum absolute atomic E-state index is 14.2. The number of hydrogen-bond donors (Lipinski definition) is 0. The number of Topliss-reactive ketones (excluding diaryl/α,β-unsaturated/α-hetero) is 1. The number of benzene rings is 1. The van der Waals surface area contributed by atoms with Crippen molar-refractivity contribution in [2.75, 3.05) is 0 Å². The molecule has 92 valence electrons. The fourth-order valence-corrected chi connectivity index (χ4v) is 1.74. The summed E-state index contributed by atoms with van der Waals surface area (Å²) in [6.45, 7) is 1.64. The molecule has 0 radical (unpaired) electrons. The van der Waals surface area contributed by atoms with Crippen LogP contribution in [0.3, 0.4) is 0 Å². The van der Waals surface area contributed by atoms with Crippen LogP contribution in [-0.4, -0.2) is 10.8 Å². The molecular weight excluding hydrogens is 236 g/mol. The van der Waals surface area contributed by atoms with Gasteiger partial charge in [-0.2, -0.15) is 0 Å². The van der Waals surface area contributed by atoms with Crippen molar-refractivity contribution in [3.05, 3.63) is 53.9 Å². The first-order chi connectivity index (χ1) is 8.65. The first kappa shape index (κ1) is 12.4. The molecule has 2 rings (SSSR count). The maximum Gasteiger partial charge on any atom is 0.165 e. The Morgan fingerprint density at radius 3 is 2.44 bits per heavy atom. The first-order valence-corrected chi connectivity index (χ1v) is 5.56. The van der Waals surface area contributed by atoms with E-state index < -0.39 is 11.6 Å². The standard InChI is InChI=1S/C14H11F2NO/c1-2-12(18)10-3-4-11(15)13(14(10)16)9-5-7-17-8-6-9/h3-8H,2H2,1H3. The molecule has 0 N–H and O–H groups in total. The third-order valence-electron chi connectivity index (χ3n) is 2.68. The molecule has 1 heterocycles. The van der Waals surface area contributed by atoms with E-state index in [2.05, 4.69) is 4.98 Å². The van der Waals surface area contributed by atoms with Gasteiger partial charge in [-0.05, 0) is 29.8 Å². The summed E-state index contributed by atoms with van der Waals surface area (Å²) in [5.41, 5.74) is 0.105. The van der Waals surface area contributed by atoms with Crippen LogP contribution in [0.25, 0.3) is 11.1 Å². The Hall–Kier alpha value is -2.10. The molecule has 2 nitrogen and oxygen atoms in total. The second kappa shape index (κ2) is 5.04. The molecule has 18 heavy (non-hydrogen) atoms. The van der Waals surface area contributed by atoms with Crippen molar-refractivity contribution in [3.63, 3.8) is 0 Å². The molecule has 0 spiro atoms. The fourth-order valence-electron chi connectivity index (χ4n) is 1.74. The highest BCUT2D eigenvalue weighted by molar-refractivity contribution is 5.97. The van der Waals surface area contributed by atoms with Crippen molar-refractivity contribution in [3.8, 4) is 11.1 Å². The number of carbonyl (C=O) groups excluding carboxylic acids is 1. The number of carbonyl (C=O) groups is 1. The minimum atomic E-state index is -0.812. The van der Waals surface area contributed by atoms with Crippen molar-refractivity contribution in [2.24, 2.45) is 0 Å². The van der Waals surface area contributed by atoms with Crippen molar-refractivity contribution >= 4 is 5.78 Å². The quantitative estimate of drug-likeness (QED) is 0.775. The van der Waals surface area contributed by atoms with E-state index in [1.165, 1.54) is 30.6 Å². The summed E-state index contributed by atoms with van der Waals surface area (Å²) in [4.78, 5) is 15.3. The number of hydrogen-bond acceptors (Lipinski definition) is 2. The number of pyridine rings is 1. The zero-order valence-corrected chi connectivity index (χ0v) is 9.78. The summed E-state index contributed by atoms with van der Waals surface area (Å²) < 4.78 is 27.9. The van der Waals surface area contributed by atoms with E-state index in [-0.39, 0.29) is 23.3 Å². The van der Waals surface area contributed by atoms with Crippen molar-refractivity contribution in [2.45, 2.75) is 13.3 Å². The lowest BCUT2D eigenvalue weighted by Crippen LogP contribution is -2.03. The highest BCUT2D eigenvalue weighted by Crippen LogP contribution is 2.28. The predicted octanol–water partition coefficient (Wildman–Crippen LogP) is 3.62. The van der Waals surface area contributed by atoms with E-state index in [4.69, 9.17) is 0 Å². The van der Waals surface area contributed by atoms with E-state index in [1.807, 2.05) is 0 Å². The van der Waals surface area contributed by atoms with E-state index in [1.54, 1.807) is 6.92 Å². The van der Waals surface area contributed by atoms with Crippen LogP contribution in [0.2, 0.25) is 0 Å². The molecule has 0 fully saturated rings. The Balaban J connectivity index is 2.64. The Labute approximate surface area is 103 Å². The molecule has 2 aromatic rings. The van der Waals surface area contributed by atoms with Gasteiger partial charge in [0.15, 0.2) is 5.78 Å². The molecule has 0 bridgehead atoms. The third-order valence-corrected chi connectivity index (χ3v) is 2.68. The topological polar surface area (TPSA) is 30.0 Å². The molecule has 0 aliphatic carbocycles. The smallest absolute Gasteiger partial charge is 0.165 e. The summed E-state index contributed by atoms with van der Waals surface area (Å²) in [5, 5.41) is 0. The van der Waals surface area contributed by atoms with Gasteiger partial charge in [0, 0.05) is 18.8 Å². The van der Waals surface area contributed by atoms with Gasteiger partial charge in [-0.15, -0.1) is 0 Å². The lowest BCUT2D eigenvalue weighted by Gasteiger charge is -2.08. The van der Waals surface area contributed by atoms with Crippen molar-refractivity contribution < 1.29 is 13.6 Å². The molecule has 4 heteroatoms. The molecule has 0 amide bonds. The van der Waals surface area contributed by atoms with Gasteiger partial charge in [0.05, 0.1) is 11.1 Å². The summed E-state index contributed by atoms with van der Waals surface area (Å²) in [5.74, 6) is -1.85. The predicted molar refractivity (Wildman–Crippen MR) is 64.2 cm³/mol. The van der Waals surface area contributed by atoms with Crippen molar-refractivity contribution in [1.82, 2.24) is 4.98 Å². The summed E-state index contributed by atoms with van der Waals surface area (Å²) in [6.07, 6.45) is 3.07. The second-order valence-corrected chi connectivity index (χ2v) is 3.80. The molecule has 0 saturated carbocycles. The average Bonchev–Trinajstić information content (AvgIpc) is 2.39. The molecule has 0 atom stereocenters. The van der Waals surface area contributed by atoms with Crippen LogP contribution in [0.1, 0.15) is 23.7 Å². The molecular formula is C14H11F2NO. The van der Waals surface area contributed by atoms with Crippen LogP contribution in [-0.2, 0) is 0 Å². The van der Waals surface area contributed by atoms with Gasteiger partial charge in [-0.25, -0.2) is 8.78 Å². The molecule has 0 aliphatic heterocycles. The number of ketones is 1. The van der Waals surface area contributed by atoms with E-state index >= 15 is 0 Å². The summed E-state index contributed by atoms with van der Waals surface area (Å²) in [6, 6.07) is 5.30. The van der Waals surface area contributed by atoms with Crippen LogP contribution < -0.4 is 0 Å². The van der Waals surface area contributed by atoms with Gasteiger partial charge in [-0.3, -0.25) is 9.78 Å². The third kappa shape index (κ3) is 2.14. The van der Waals surface area contributed by atoms with Crippen LogP contribution in [0, 0.1) is 11.6 Å². The van der Waals surface area contributed by atoms with Gasteiger partial charge < -0.3 is 0 Å². The highest BCUT2D eigenvalue weighted by atomic mass is 19.1. The van der Waals surface area contributed by atoms with E-state index in [9.17, 15) is 13.6 Å². The maximum atomic E-state index is 14.2. The average molecular weight is 247 g/mol. The first-order valence-electron chi connectivity index (χ1n) is 5.56. The van der Waals surface area contributed by atoms with E-state index in [0.29, 0.717) is 5.56 Å². The lowest BCUT2D eigenvalue weighted by atomic mass is 9.99. The molecule has 1 aromatic heterocycles.